The van der Waals surface area contributed by atoms with Crippen LogP contribution in [0.5, 0.6) is 0 Å². The van der Waals surface area contributed by atoms with E-state index in [9.17, 15) is 0 Å². The minimum atomic E-state index is 1.02. The molecule has 0 aliphatic rings. The molecule has 4 nitrogen and oxygen atoms in total. The molecule has 0 unspecified atom stereocenters. The number of hydrogen-bond acceptors (Lipinski definition) is 2. The number of imidazole rings is 2. The topological polar surface area (TPSA) is 35.6 Å². The summed E-state index contributed by atoms with van der Waals surface area (Å²) in [6, 6.07) is 30.6. The molecule has 2 aromatic heterocycles. The van der Waals surface area contributed by atoms with Crippen LogP contribution in [0.15, 0.2) is 97.6 Å². The van der Waals surface area contributed by atoms with Gasteiger partial charge in [0.1, 0.15) is 0 Å². The first-order valence-electron chi connectivity index (χ1n) is 11.5. The Kier molecular flexibility index (Phi) is 3.94. The van der Waals surface area contributed by atoms with Crippen molar-refractivity contribution >= 4 is 43.6 Å². The third-order valence-electron chi connectivity index (χ3n) is 6.95. The highest BCUT2D eigenvalue weighted by Gasteiger charge is 2.13. The van der Waals surface area contributed by atoms with Crippen LogP contribution in [0.1, 0.15) is 0 Å². The minimum absolute atomic E-state index is 1.02. The Morgan fingerprint density at radius 2 is 1.15 bits per heavy atom. The second-order valence-electron chi connectivity index (χ2n) is 8.96. The number of hydrogen-bond donors (Lipinski definition) is 0. The molecule has 0 bridgehead atoms. The number of fused-ring (bicyclic) bond motifs is 5. The summed E-state index contributed by atoms with van der Waals surface area (Å²) in [6.07, 6.45) is 3.77. The van der Waals surface area contributed by atoms with Gasteiger partial charge in [0.15, 0.2) is 0 Å². The van der Waals surface area contributed by atoms with E-state index in [0.29, 0.717) is 0 Å². The van der Waals surface area contributed by atoms with Gasteiger partial charge in [0, 0.05) is 25.2 Å². The molecule has 0 saturated carbocycles. The van der Waals surface area contributed by atoms with Crippen molar-refractivity contribution in [1.29, 1.82) is 0 Å². The van der Waals surface area contributed by atoms with Crippen molar-refractivity contribution in [1.82, 2.24) is 19.1 Å². The van der Waals surface area contributed by atoms with Gasteiger partial charge in [-0.25, -0.2) is 9.97 Å². The first kappa shape index (κ1) is 19.1. The fraction of sp³-hybridized carbons (Fsp3) is 0.0667. The maximum atomic E-state index is 4.55. The molecule has 0 fully saturated rings. The predicted molar refractivity (Wildman–Crippen MR) is 141 cm³/mol. The summed E-state index contributed by atoms with van der Waals surface area (Å²) < 4.78 is 4.20. The maximum Gasteiger partial charge on any atom is 0.0955 e. The third-order valence-corrected chi connectivity index (χ3v) is 6.95. The van der Waals surface area contributed by atoms with Crippen LogP contribution in [0.3, 0.4) is 0 Å². The summed E-state index contributed by atoms with van der Waals surface area (Å²) in [5, 5.41) is 5.02. The highest BCUT2D eigenvalue weighted by atomic mass is 15.0. The van der Waals surface area contributed by atoms with Crippen LogP contribution >= 0.6 is 0 Å². The monoisotopic (exact) mass is 438 g/mol. The molecule has 0 aliphatic carbocycles. The Hall–Kier alpha value is -4.44. The molecule has 5 aromatic carbocycles. The van der Waals surface area contributed by atoms with Crippen molar-refractivity contribution in [2.45, 2.75) is 0 Å². The van der Waals surface area contributed by atoms with Crippen molar-refractivity contribution in [2.75, 3.05) is 0 Å². The molecule has 0 spiro atoms. The number of para-hydroxylation sites is 2. The Labute approximate surface area is 196 Å². The van der Waals surface area contributed by atoms with Gasteiger partial charge >= 0.3 is 0 Å². The number of nitrogens with zero attached hydrogens (tertiary/aromatic N) is 4. The lowest BCUT2D eigenvalue weighted by Crippen LogP contribution is -1.90. The van der Waals surface area contributed by atoms with Gasteiger partial charge in [-0.15, -0.1) is 0 Å². The molecule has 0 saturated heterocycles. The largest absolute Gasteiger partial charge is 0.333 e. The quantitative estimate of drug-likeness (QED) is 0.270. The van der Waals surface area contributed by atoms with Gasteiger partial charge in [0.25, 0.3) is 0 Å². The van der Waals surface area contributed by atoms with Crippen molar-refractivity contribution in [3.63, 3.8) is 0 Å². The summed E-state index contributed by atoms with van der Waals surface area (Å²) in [7, 11) is 4.11. The lowest BCUT2D eigenvalue weighted by molar-refractivity contribution is 0.948. The summed E-state index contributed by atoms with van der Waals surface area (Å²) >= 11 is 0. The predicted octanol–water partition coefficient (Wildman–Crippen LogP) is 7.10. The average Bonchev–Trinajstić information content (AvgIpc) is 3.46. The summed E-state index contributed by atoms with van der Waals surface area (Å²) in [5.74, 6) is 0. The second-order valence-corrected chi connectivity index (χ2v) is 8.96. The van der Waals surface area contributed by atoms with Gasteiger partial charge in [-0.1, -0.05) is 66.7 Å². The van der Waals surface area contributed by atoms with Crippen molar-refractivity contribution < 1.29 is 0 Å². The Balaban J connectivity index is 1.46. The molecule has 2 heterocycles. The standard InChI is InChI=1S/C30H22N4/c1-33-17-31-27-10-4-6-22(29(27)33)20-12-14-21-19(16-20)13-15-25-23(21)7-3-8-24(25)26-9-5-11-28-30(26)34(2)18-32-28/h3-18H,1-2H3. The van der Waals surface area contributed by atoms with Crippen LogP contribution in [-0.4, -0.2) is 19.1 Å². The van der Waals surface area contributed by atoms with Gasteiger partial charge in [-0.3, -0.25) is 0 Å². The molecule has 0 N–H and O–H groups in total. The van der Waals surface area contributed by atoms with Gasteiger partial charge in [0.05, 0.1) is 34.7 Å². The Morgan fingerprint density at radius 1 is 0.529 bits per heavy atom. The van der Waals surface area contributed by atoms with E-state index >= 15 is 0 Å². The number of aromatic nitrogens is 4. The molecule has 162 valence electrons. The molecule has 0 amide bonds. The van der Waals surface area contributed by atoms with Crippen molar-refractivity contribution in [2.24, 2.45) is 14.1 Å². The van der Waals surface area contributed by atoms with Crippen LogP contribution < -0.4 is 0 Å². The van der Waals surface area contributed by atoms with E-state index in [0.717, 1.165) is 22.1 Å². The number of aryl methyl sites for hydroxylation is 2. The molecule has 7 aromatic rings. The lowest BCUT2D eigenvalue weighted by atomic mass is 9.92. The van der Waals surface area contributed by atoms with Crippen molar-refractivity contribution in [3.8, 4) is 22.3 Å². The van der Waals surface area contributed by atoms with E-state index in [1.54, 1.807) is 0 Å². The molecule has 0 aliphatic heterocycles. The van der Waals surface area contributed by atoms with E-state index in [4.69, 9.17) is 0 Å². The van der Waals surface area contributed by atoms with E-state index in [-0.39, 0.29) is 0 Å². The van der Waals surface area contributed by atoms with Crippen LogP contribution in [-0.2, 0) is 14.1 Å². The molecule has 7 rings (SSSR count). The van der Waals surface area contributed by atoms with E-state index in [1.165, 1.54) is 43.8 Å². The molecule has 0 atom stereocenters. The van der Waals surface area contributed by atoms with Crippen LogP contribution in [0.2, 0.25) is 0 Å². The fourth-order valence-electron chi connectivity index (χ4n) is 5.38. The highest BCUT2D eigenvalue weighted by molar-refractivity contribution is 6.14. The highest BCUT2D eigenvalue weighted by Crippen LogP contribution is 2.38. The fourth-order valence-corrected chi connectivity index (χ4v) is 5.38. The zero-order valence-corrected chi connectivity index (χ0v) is 19.0. The van der Waals surface area contributed by atoms with Gasteiger partial charge in [0.2, 0.25) is 0 Å². The first-order chi connectivity index (χ1) is 16.7. The molecule has 0 radical (unpaired) electrons. The molecular formula is C30H22N4. The third kappa shape index (κ3) is 2.66. The second kappa shape index (κ2) is 7.03. The maximum absolute atomic E-state index is 4.55. The summed E-state index contributed by atoms with van der Waals surface area (Å²) in [6.45, 7) is 0. The summed E-state index contributed by atoms with van der Waals surface area (Å²) in [4.78, 5) is 9.08. The zero-order valence-electron chi connectivity index (χ0n) is 19.0. The van der Waals surface area contributed by atoms with Gasteiger partial charge < -0.3 is 9.13 Å². The van der Waals surface area contributed by atoms with Crippen molar-refractivity contribution in [3.05, 3.63) is 97.6 Å². The molecule has 4 heteroatoms. The first-order valence-corrected chi connectivity index (χ1v) is 11.5. The number of rotatable bonds is 2. The van der Waals surface area contributed by atoms with Gasteiger partial charge in [-0.05, 0) is 50.9 Å². The van der Waals surface area contributed by atoms with E-state index in [1.807, 2.05) is 12.7 Å². The van der Waals surface area contributed by atoms with Crippen LogP contribution in [0.25, 0.3) is 65.9 Å². The van der Waals surface area contributed by atoms with E-state index in [2.05, 4.69) is 118 Å². The Morgan fingerprint density at radius 3 is 1.91 bits per heavy atom. The lowest BCUT2D eigenvalue weighted by Gasteiger charge is -2.13. The molecular weight excluding hydrogens is 416 g/mol. The van der Waals surface area contributed by atoms with Crippen LogP contribution in [0, 0.1) is 0 Å². The van der Waals surface area contributed by atoms with E-state index < -0.39 is 0 Å². The Bertz CT molecular complexity index is 1890. The van der Waals surface area contributed by atoms with Gasteiger partial charge in [-0.2, -0.15) is 0 Å². The summed E-state index contributed by atoms with van der Waals surface area (Å²) in [5.41, 5.74) is 9.22. The number of benzene rings is 5. The molecule has 34 heavy (non-hydrogen) atoms. The normalized spacial score (nSPS) is 11.8. The SMILES string of the molecule is Cn1cnc2cccc(-c3ccc4c(ccc5c(-c6cccc7ncn(C)c67)cccc54)c3)c21. The average molecular weight is 439 g/mol. The van der Waals surface area contributed by atoms with Crippen LogP contribution in [0.4, 0.5) is 0 Å². The zero-order chi connectivity index (χ0) is 22.8. The minimum Gasteiger partial charge on any atom is -0.333 e. The smallest absolute Gasteiger partial charge is 0.0955 e.